The Balaban J connectivity index is 1.70. The molecule has 0 saturated heterocycles. The van der Waals surface area contributed by atoms with Crippen LogP contribution in [0.3, 0.4) is 0 Å². The molecule has 1 aliphatic heterocycles. The lowest BCUT2D eigenvalue weighted by molar-refractivity contribution is -0.131. The number of carbonyl (C=O) groups is 1. The number of rotatable bonds is 6. The Morgan fingerprint density at radius 1 is 1.52 bits per heavy atom. The number of hydrogen-bond acceptors (Lipinski definition) is 4. The first-order chi connectivity index (χ1) is 11.3. The fourth-order valence-corrected chi connectivity index (χ4v) is 3.50. The van der Waals surface area contributed by atoms with Crippen LogP contribution in [0.1, 0.15) is 11.4 Å². The summed E-state index contributed by atoms with van der Waals surface area (Å²) in [5, 5.41) is 4.03. The molecule has 0 aromatic carbocycles. The maximum atomic E-state index is 12.7. The molecular formula is C17H21N3O2S. The number of aromatic nitrogens is 2. The lowest BCUT2D eigenvalue weighted by atomic mass is 10.1. The number of nitrogens with zero attached hydrogens (tertiary/aromatic N) is 3. The maximum Gasteiger partial charge on any atom is 0.227 e. The maximum absolute atomic E-state index is 12.7. The van der Waals surface area contributed by atoms with Crippen LogP contribution >= 0.6 is 11.3 Å². The van der Waals surface area contributed by atoms with Crippen molar-refractivity contribution in [3.8, 4) is 0 Å². The van der Waals surface area contributed by atoms with E-state index in [1.807, 2.05) is 27.9 Å². The molecule has 0 saturated carbocycles. The summed E-state index contributed by atoms with van der Waals surface area (Å²) in [6.07, 6.45) is 5.97. The molecule has 23 heavy (non-hydrogen) atoms. The Bertz CT molecular complexity index is 651. The summed E-state index contributed by atoms with van der Waals surface area (Å²) in [6.45, 7) is 6.91. The van der Waals surface area contributed by atoms with Gasteiger partial charge in [-0.25, -0.2) is 4.98 Å². The molecule has 3 heterocycles. The van der Waals surface area contributed by atoms with Crippen molar-refractivity contribution in [2.24, 2.45) is 5.92 Å². The van der Waals surface area contributed by atoms with Gasteiger partial charge in [0.25, 0.3) is 0 Å². The van der Waals surface area contributed by atoms with Crippen LogP contribution in [0.2, 0.25) is 0 Å². The molecule has 1 atom stereocenters. The van der Waals surface area contributed by atoms with Crippen molar-refractivity contribution in [3.63, 3.8) is 0 Å². The van der Waals surface area contributed by atoms with E-state index in [1.165, 1.54) is 0 Å². The Hall–Kier alpha value is -1.92. The minimum absolute atomic E-state index is 0.147. The van der Waals surface area contributed by atoms with Crippen LogP contribution in [0, 0.1) is 5.92 Å². The molecule has 2 aromatic heterocycles. The molecule has 6 heteroatoms. The Morgan fingerprint density at radius 3 is 3.22 bits per heavy atom. The number of carbonyl (C=O) groups excluding carboxylic acids is 1. The zero-order valence-electron chi connectivity index (χ0n) is 13.1. The molecule has 0 aliphatic carbocycles. The van der Waals surface area contributed by atoms with Crippen LogP contribution in [-0.4, -0.2) is 40.1 Å². The molecule has 2 aromatic rings. The molecule has 0 N–H and O–H groups in total. The molecule has 5 nitrogen and oxygen atoms in total. The molecule has 0 radical (unpaired) electrons. The zero-order valence-corrected chi connectivity index (χ0v) is 13.9. The van der Waals surface area contributed by atoms with Crippen molar-refractivity contribution >= 4 is 17.2 Å². The van der Waals surface area contributed by atoms with Crippen LogP contribution in [-0.2, 0) is 29.0 Å². The van der Waals surface area contributed by atoms with Gasteiger partial charge in [0.2, 0.25) is 5.91 Å². The van der Waals surface area contributed by atoms with E-state index in [4.69, 9.17) is 4.74 Å². The first-order valence-electron chi connectivity index (χ1n) is 7.73. The molecule has 122 valence electrons. The molecule has 1 amide bonds. The molecule has 3 rings (SSSR count). The monoisotopic (exact) mass is 331 g/mol. The van der Waals surface area contributed by atoms with Crippen molar-refractivity contribution in [2.75, 3.05) is 19.8 Å². The van der Waals surface area contributed by atoms with Gasteiger partial charge in [0, 0.05) is 31.4 Å². The number of hydrogen-bond donors (Lipinski definition) is 0. The SMILES string of the molecule is C=CCOC[C@@H]1CN(C(=O)Cc2ccsc2)Cc2nccn2C1. The summed E-state index contributed by atoms with van der Waals surface area (Å²) in [4.78, 5) is 19.0. The highest BCUT2D eigenvalue weighted by Gasteiger charge is 2.25. The average molecular weight is 331 g/mol. The molecule has 0 bridgehead atoms. The largest absolute Gasteiger partial charge is 0.377 e. The fraction of sp³-hybridized carbons (Fsp3) is 0.412. The minimum atomic E-state index is 0.147. The summed E-state index contributed by atoms with van der Waals surface area (Å²) < 4.78 is 7.74. The van der Waals surface area contributed by atoms with Gasteiger partial charge < -0.3 is 14.2 Å². The number of fused-ring (bicyclic) bond motifs is 1. The second-order valence-corrected chi connectivity index (χ2v) is 6.55. The molecule has 0 fully saturated rings. The molecule has 0 spiro atoms. The van der Waals surface area contributed by atoms with Gasteiger partial charge in [-0.05, 0) is 22.4 Å². The third-order valence-corrected chi connectivity index (χ3v) is 4.68. The van der Waals surface area contributed by atoms with E-state index in [0.29, 0.717) is 32.7 Å². The van der Waals surface area contributed by atoms with Gasteiger partial charge in [-0.2, -0.15) is 11.3 Å². The van der Waals surface area contributed by atoms with Crippen molar-refractivity contribution in [1.29, 1.82) is 0 Å². The summed E-state index contributed by atoms with van der Waals surface area (Å²) >= 11 is 1.62. The van der Waals surface area contributed by atoms with Gasteiger partial charge >= 0.3 is 0 Å². The van der Waals surface area contributed by atoms with Crippen molar-refractivity contribution in [3.05, 3.63) is 53.3 Å². The topological polar surface area (TPSA) is 47.4 Å². The second-order valence-electron chi connectivity index (χ2n) is 5.77. The molecule has 0 unspecified atom stereocenters. The zero-order chi connectivity index (χ0) is 16.1. The summed E-state index contributed by atoms with van der Waals surface area (Å²) in [6, 6.07) is 2.01. The van der Waals surface area contributed by atoms with Crippen LogP contribution < -0.4 is 0 Å². The lowest BCUT2D eigenvalue weighted by Crippen LogP contribution is -2.36. The van der Waals surface area contributed by atoms with Gasteiger partial charge in [0.05, 0.1) is 26.2 Å². The number of thiophene rings is 1. The third kappa shape index (κ3) is 4.09. The third-order valence-electron chi connectivity index (χ3n) is 3.94. The number of ether oxygens (including phenoxy) is 1. The van der Waals surface area contributed by atoms with E-state index in [0.717, 1.165) is 17.9 Å². The normalized spacial score (nSPS) is 17.6. The average Bonchev–Trinajstić information content (AvgIpc) is 3.16. The highest BCUT2D eigenvalue weighted by Crippen LogP contribution is 2.18. The quantitative estimate of drug-likeness (QED) is 0.603. The van der Waals surface area contributed by atoms with Gasteiger partial charge in [0.15, 0.2) is 0 Å². The van der Waals surface area contributed by atoms with Crippen LogP contribution in [0.15, 0.2) is 41.9 Å². The second kappa shape index (κ2) is 7.57. The Labute approximate surface area is 140 Å². The van der Waals surface area contributed by atoms with Gasteiger partial charge in [-0.3, -0.25) is 4.79 Å². The van der Waals surface area contributed by atoms with Crippen LogP contribution in [0.4, 0.5) is 0 Å². The Kier molecular flexibility index (Phi) is 5.25. The summed E-state index contributed by atoms with van der Waals surface area (Å²) in [5.74, 6) is 1.35. The van der Waals surface area contributed by atoms with E-state index >= 15 is 0 Å². The smallest absolute Gasteiger partial charge is 0.227 e. The predicted molar refractivity (Wildman–Crippen MR) is 90.2 cm³/mol. The van der Waals surface area contributed by atoms with E-state index < -0.39 is 0 Å². The lowest BCUT2D eigenvalue weighted by Gasteiger charge is -2.24. The first kappa shape index (κ1) is 16.0. The van der Waals surface area contributed by atoms with Crippen LogP contribution in [0.5, 0.6) is 0 Å². The van der Waals surface area contributed by atoms with Gasteiger partial charge in [-0.15, -0.1) is 6.58 Å². The number of imidazole rings is 1. The van der Waals surface area contributed by atoms with Gasteiger partial charge in [-0.1, -0.05) is 6.08 Å². The standard InChI is InChI=1S/C17H21N3O2S/c1-2-6-22-12-15-9-19-5-4-18-16(19)11-20(10-15)17(21)8-14-3-7-23-13-14/h2-5,7,13,15H,1,6,8-12H2/t15-/m0/s1. The minimum Gasteiger partial charge on any atom is -0.377 e. The molecule has 1 aliphatic rings. The van der Waals surface area contributed by atoms with Gasteiger partial charge in [0.1, 0.15) is 5.82 Å². The van der Waals surface area contributed by atoms with Crippen LogP contribution in [0.25, 0.3) is 0 Å². The van der Waals surface area contributed by atoms with E-state index in [9.17, 15) is 4.79 Å². The van der Waals surface area contributed by atoms with E-state index in [-0.39, 0.29) is 11.8 Å². The first-order valence-corrected chi connectivity index (χ1v) is 8.68. The predicted octanol–water partition coefficient (Wildman–Crippen LogP) is 2.35. The highest BCUT2D eigenvalue weighted by molar-refractivity contribution is 7.07. The fourth-order valence-electron chi connectivity index (χ4n) is 2.83. The molecular weight excluding hydrogens is 310 g/mol. The van der Waals surface area contributed by atoms with Crippen molar-refractivity contribution in [1.82, 2.24) is 14.5 Å². The Morgan fingerprint density at radius 2 is 2.43 bits per heavy atom. The van der Waals surface area contributed by atoms with E-state index in [2.05, 4.69) is 16.1 Å². The number of amides is 1. The van der Waals surface area contributed by atoms with Crippen molar-refractivity contribution in [2.45, 2.75) is 19.5 Å². The highest BCUT2D eigenvalue weighted by atomic mass is 32.1. The summed E-state index contributed by atoms with van der Waals surface area (Å²) in [7, 11) is 0. The summed E-state index contributed by atoms with van der Waals surface area (Å²) in [5.41, 5.74) is 1.08. The van der Waals surface area contributed by atoms with Crippen molar-refractivity contribution < 1.29 is 9.53 Å². The van der Waals surface area contributed by atoms with E-state index in [1.54, 1.807) is 23.6 Å².